The van der Waals surface area contributed by atoms with Gasteiger partial charge in [0, 0.05) is 26.1 Å². The molecule has 4 rings (SSSR count). The molecule has 7 nitrogen and oxygen atoms in total. The Morgan fingerprint density at radius 2 is 2.00 bits per heavy atom. The van der Waals surface area contributed by atoms with Gasteiger partial charge < -0.3 is 14.4 Å². The fraction of sp³-hybridized carbons (Fsp3) is 0.800. The molecule has 0 aromatic carbocycles. The summed E-state index contributed by atoms with van der Waals surface area (Å²) in [5.41, 5.74) is 0. The Bertz CT molecular complexity index is 567. The lowest BCUT2D eigenvalue weighted by atomic mass is 10.2. The van der Waals surface area contributed by atoms with E-state index in [0.29, 0.717) is 6.61 Å². The van der Waals surface area contributed by atoms with E-state index in [4.69, 9.17) is 9.47 Å². The summed E-state index contributed by atoms with van der Waals surface area (Å²) < 4.78 is 13.0. The summed E-state index contributed by atoms with van der Waals surface area (Å²) in [5.74, 6) is 0.788. The van der Waals surface area contributed by atoms with Crippen LogP contribution in [0.4, 0.5) is 5.95 Å². The van der Waals surface area contributed by atoms with E-state index < -0.39 is 0 Å². The Labute approximate surface area is 139 Å². The predicted molar refractivity (Wildman–Crippen MR) is 85.7 cm³/mol. The molecule has 2 atom stereocenters. The number of rotatable bonds is 5. The molecular weight excluding hydrogens is 316 g/mol. The summed E-state index contributed by atoms with van der Waals surface area (Å²) in [7, 11) is 0. The maximum atomic E-state index is 11.8. The molecule has 8 heteroatoms. The number of aromatic nitrogens is 3. The van der Waals surface area contributed by atoms with Crippen LogP contribution in [-0.2, 0) is 20.8 Å². The molecule has 23 heavy (non-hydrogen) atoms. The van der Waals surface area contributed by atoms with Gasteiger partial charge in [-0.2, -0.15) is 0 Å². The molecule has 3 aliphatic rings. The fourth-order valence-corrected chi connectivity index (χ4v) is 4.39. The molecule has 0 spiro atoms. The number of hydrogen-bond acceptors (Lipinski definition) is 7. The minimum atomic E-state index is -0.158. The molecule has 0 saturated carbocycles. The largest absolute Gasteiger partial charge is 0.465 e. The number of thioether (sulfide) groups is 1. The van der Waals surface area contributed by atoms with E-state index in [9.17, 15) is 4.79 Å². The van der Waals surface area contributed by atoms with Crippen LogP contribution in [0, 0.1) is 0 Å². The summed E-state index contributed by atoms with van der Waals surface area (Å²) in [6.07, 6.45) is 5.56. The first kappa shape index (κ1) is 15.3. The minimum Gasteiger partial charge on any atom is -0.465 e. The van der Waals surface area contributed by atoms with Gasteiger partial charge in [0.25, 0.3) is 0 Å². The van der Waals surface area contributed by atoms with E-state index in [1.54, 1.807) is 0 Å². The van der Waals surface area contributed by atoms with Gasteiger partial charge >= 0.3 is 5.97 Å². The molecule has 1 aromatic heterocycles. The first-order valence-electron chi connectivity index (χ1n) is 8.44. The van der Waals surface area contributed by atoms with E-state index in [2.05, 4.69) is 19.7 Å². The van der Waals surface area contributed by atoms with Crippen molar-refractivity contribution in [2.24, 2.45) is 0 Å². The maximum absolute atomic E-state index is 11.8. The molecule has 0 unspecified atom stereocenters. The van der Waals surface area contributed by atoms with Crippen LogP contribution < -0.4 is 4.90 Å². The number of esters is 1. The molecule has 0 amide bonds. The zero-order chi connectivity index (χ0) is 15.6. The van der Waals surface area contributed by atoms with Crippen LogP contribution in [0.3, 0.4) is 0 Å². The molecule has 3 aliphatic heterocycles. The van der Waals surface area contributed by atoms with Crippen molar-refractivity contribution in [1.29, 1.82) is 0 Å². The van der Waals surface area contributed by atoms with Gasteiger partial charge in [0.1, 0.15) is 5.25 Å². The highest BCUT2D eigenvalue weighted by Gasteiger charge is 2.32. The first-order chi connectivity index (χ1) is 11.3. The van der Waals surface area contributed by atoms with Gasteiger partial charge in [0.05, 0.1) is 19.3 Å². The Morgan fingerprint density at radius 1 is 1.13 bits per heavy atom. The van der Waals surface area contributed by atoms with Crippen LogP contribution in [-0.4, -0.2) is 58.4 Å². The molecule has 4 heterocycles. The van der Waals surface area contributed by atoms with E-state index in [0.717, 1.165) is 56.6 Å². The number of cyclic esters (lactones) is 1. The lowest BCUT2D eigenvalue weighted by molar-refractivity contribution is -0.137. The standard InChI is InChI=1S/C15H22N4O3S/c20-13-12(5-9-22-13)23-15-17-16-14(18-6-1-2-7-18)19(15)10-11-4-3-8-21-11/h11-12H,1-10H2/t11-,12-/m0/s1. The normalized spacial score (nSPS) is 27.8. The van der Waals surface area contributed by atoms with Gasteiger partial charge in [-0.3, -0.25) is 9.36 Å². The number of anilines is 1. The maximum Gasteiger partial charge on any atom is 0.319 e. The zero-order valence-electron chi connectivity index (χ0n) is 13.1. The summed E-state index contributed by atoms with van der Waals surface area (Å²) in [6, 6.07) is 0. The van der Waals surface area contributed by atoms with Crippen molar-refractivity contribution in [3.8, 4) is 0 Å². The van der Waals surface area contributed by atoms with Crippen LogP contribution >= 0.6 is 11.8 Å². The van der Waals surface area contributed by atoms with E-state index in [1.165, 1.54) is 24.6 Å². The monoisotopic (exact) mass is 338 g/mol. The van der Waals surface area contributed by atoms with Gasteiger partial charge in [-0.15, -0.1) is 10.2 Å². The second-order valence-electron chi connectivity index (χ2n) is 6.29. The second kappa shape index (κ2) is 6.68. The SMILES string of the molecule is O=C1OCC[C@@H]1Sc1nnc(N2CCCC2)n1C[C@@H]1CCCO1. The van der Waals surface area contributed by atoms with Crippen LogP contribution in [0.1, 0.15) is 32.1 Å². The molecule has 0 N–H and O–H groups in total. The van der Waals surface area contributed by atoms with Gasteiger partial charge in [-0.25, -0.2) is 0 Å². The van der Waals surface area contributed by atoms with E-state index in [-0.39, 0.29) is 17.3 Å². The van der Waals surface area contributed by atoms with Gasteiger partial charge in [-0.1, -0.05) is 11.8 Å². The minimum absolute atomic E-state index is 0.135. The van der Waals surface area contributed by atoms with Crippen LogP contribution in [0.25, 0.3) is 0 Å². The van der Waals surface area contributed by atoms with E-state index in [1.807, 2.05) is 0 Å². The third-order valence-electron chi connectivity index (χ3n) is 4.63. The van der Waals surface area contributed by atoms with Crippen molar-refractivity contribution in [3.05, 3.63) is 0 Å². The van der Waals surface area contributed by atoms with Crippen molar-refractivity contribution < 1.29 is 14.3 Å². The van der Waals surface area contributed by atoms with Crippen molar-refractivity contribution in [2.75, 3.05) is 31.2 Å². The van der Waals surface area contributed by atoms with E-state index >= 15 is 0 Å². The molecular formula is C15H22N4O3S. The number of carbonyl (C=O) groups is 1. The number of hydrogen-bond donors (Lipinski definition) is 0. The molecule has 3 fully saturated rings. The molecule has 1 aromatic rings. The second-order valence-corrected chi connectivity index (χ2v) is 7.45. The molecule has 0 bridgehead atoms. The molecule has 0 radical (unpaired) electrons. The lowest BCUT2D eigenvalue weighted by Crippen LogP contribution is -2.25. The van der Waals surface area contributed by atoms with Crippen LogP contribution in [0.5, 0.6) is 0 Å². The Hall–Kier alpha value is -1.28. The summed E-state index contributed by atoms with van der Waals surface area (Å²) in [5, 5.41) is 9.44. The van der Waals surface area contributed by atoms with Crippen molar-refractivity contribution in [1.82, 2.24) is 14.8 Å². The summed E-state index contributed by atoms with van der Waals surface area (Å²) in [6.45, 7) is 4.17. The number of ether oxygens (including phenoxy) is 2. The highest BCUT2D eigenvalue weighted by Crippen LogP contribution is 2.32. The average Bonchev–Trinajstić information content (AvgIpc) is 3.31. The Morgan fingerprint density at radius 3 is 2.70 bits per heavy atom. The van der Waals surface area contributed by atoms with Gasteiger partial charge in [0.15, 0.2) is 5.16 Å². The highest BCUT2D eigenvalue weighted by molar-refractivity contribution is 8.00. The van der Waals surface area contributed by atoms with Crippen molar-refractivity contribution in [2.45, 2.75) is 55.2 Å². The fourth-order valence-electron chi connectivity index (χ4n) is 3.38. The summed E-state index contributed by atoms with van der Waals surface area (Å²) >= 11 is 1.48. The van der Waals surface area contributed by atoms with Crippen LogP contribution in [0.15, 0.2) is 5.16 Å². The third-order valence-corrected chi connectivity index (χ3v) is 5.86. The smallest absolute Gasteiger partial charge is 0.319 e. The predicted octanol–water partition coefficient (Wildman–Crippen LogP) is 1.46. The molecule has 126 valence electrons. The number of carbonyl (C=O) groups excluding carboxylic acids is 1. The van der Waals surface area contributed by atoms with Gasteiger partial charge in [-0.05, 0) is 25.7 Å². The highest BCUT2D eigenvalue weighted by atomic mass is 32.2. The first-order valence-corrected chi connectivity index (χ1v) is 9.32. The number of nitrogens with zero attached hydrogens (tertiary/aromatic N) is 4. The quantitative estimate of drug-likeness (QED) is 0.753. The Kier molecular flexibility index (Phi) is 4.43. The summed E-state index contributed by atoms with van der Waals surface area (Å²) in [4.78, 5) is 14.1. The van der Waals surface area contributed by atoms with Crippen molar-refractivity contribution in [3.63, 3.8) is 0 Å². The Balaban J connectivity index is 1.57. The molecule has 3 saturated heterocycles. The van der Waals surface area contributed by atoms with Gasteiger partial charge in [0.2, 0.25) is 5.95 Å². The third kappa shape index (κ3) is 3.19. The van der Waals surface area contributed by atoms with Crippen LogP contribution in [0.2, 0.25) is 0 Å². The van der Waals surface area contributed by atoms with Crippen molar-refractivity contribution >= 4 is 23.7 Å². The lowest BCUT2D eigenvalue weighted by Gasteiger charge is -2.20. The topological polar surface area (TPSA) is 69.5 Å². The average molecular weight is 338 g/mol. The molecule has 0 aliphatic carbocycles. The zero-order valence-corrected chi connectivity index (χ0v) is 14.0.